The summed E-state index contributed by atoms with van der Waals surface area (Å²) in [6.45, 7) is -0.111. The number of H-pyrrole nitrogens is 1. The summed E-state index contributed by atoms with van der Waals surface area (Å²) < 4.78 is 68.7. The molecule has 2 saturated carbocycles. The molecule has 0 saturated heterocycles. The number of hydrogen-bond donors (Lipinski definition) is 4. The summed E-state index contributed by atoms with van der Waals surface area (Å²) in [6, 6.07) is 7.74. The van der Waals surface area contributed by atoms with Crippen molar-refractivity contribution in [2.75, 3.05) is 7.05 Å². The van der Waals surface area contributed by atoms with E-state index < -0.39 is 23.8 Å². The van der Waals surface area contributed by atoms with Crippen LogP contribution in [-0.2, 0) is 12.7 Å². The van der Waals surface area contributed by atoms with Gasteiger partial charge in [-0.1, -0.05) is 24.6 Å². The van der Waals surface area contributed by atoms with Crippen molar-refractivity contribution in [2.24, 2.45) is 5.92 Å². The number of nitrogens with zero attached hydrogens (tertiary/aromatic N) is 3. The molecule has 5 rings (SSSR count). The number of likely N-dealkylation sites (N-methyl/N-ethyl adjacent to an activating group) is 1. The molecule has 3 aromatic rings. The number of alkyl halides is 5. The molecule has 0 bridgehead atoms. The summed E-state index contributed by atoms with van der Waals surface area (Å²) in [5.74, 6) is -2.50. The molecule has 0 radical (unpaired) electrons. The Balaban J connectivity index is 1.52. The van der Waals surface area contributed by atoms with Crippen LogP contribution in [0.3, 0.4) is 0 Å². The van der Waals surface area contributed by atoms with E-state index in [0.717, 1.165) is 37.2 Å². The Labute approximate surface area is 222 Å². The number of amidine groups is 1. The first-order valence-electron chi connectivity index (χ1n) is 13.0. The van der Waals surface area contributed by atoms with Gasteiger partial charge in [-0.15, -0.1) is 0 Å². The largest absolute Gasteiger partial charge is 0.433 e. The molecule has 7 nitrogen and oxygen atoms in total. The first-order chi connectivity index (χ1) is 18.5. The third kappa shape index (κ3) is 5.52. The molecular weight excluding hydrogens is 517 g/mol. The highest BCUT2D eigenvalue weighted by Gasteiger charge is 2.40. The lowest BCUT2D eigenvalue weighted by Crippen LogP contribution is -2.36. The minimum absolute atomic E-state index is 0.0617. The van der Waals surface area contributed by atoms with E-state index in [1.54, 1.807) is 19.2 Å². The first kappa shape index (κ1) is 27.2. The standard InChI is InChI=1S/C27H30F5N7/c1-39(14-33)25(34)22(15-4-2-5-15)16-6-3-7-17(10-16)23-19-11-21(27(30,31)32)36-20(24(19)38-37-23)13-35-18-8-9-26(28,29)12-18/h3,6-7,10-11,14-15,18,22,33-35H,2,4-5,8-9,12-13H2,1H3,(H,37,38). The molecule has 2 fully saturated rings. The SMILES string of the molecule is CN(C=N)C(=N)C(c1cccc(-c2n[nH]c3c(CNC4CCC(F)(F)C4)nc(C(F)(F)F)cc23)c1)C1CCC1. The Kier molecular flexibility index (Phi) is 7.17. The summed E-state index contributed by atoms with van der Waals surface area (Å²) in [4.78, 5) is 5.27. The molecule has 208 valence electrons. The van der Waals surface area contributed by atoms with Crippen LogP contribution in [0.15, 0.2) is 30.3 Å². The zero-order valence-electron chi connectivity index (χ0n) is 21.4. The van der Waals surface area contributed by atoms with E-state index in [1.807, 2.05) is 12.1 Å². The zero-order chi connectivity index (χ0) is 27.9. The molecule has 2 aliphatic rings. The second-order valence-electron chi connectivity index (χ2n) is 10.5. The Bertz CT molecular complexity index is 1380. The van der Waals surface area contributed by atoms with Crippen molar-refractivity contribution < 1.29 is 22.0 Å². The summed E-state index contributed by atoms with van der Waals surface area (Å²) in [5, 5.41) is 26.6. The van der Waals surface area contributed by atoms with Crippen molar-refractivity contribution >= 4 is 23.1 Å². The maximum Gasteiger partial charge on any atom is 0.433 e. The van der Waals surface area contributed by atoms with E-state index >= 15 is 0 Å². The van der Waals surface area contributed by atoms with Gasteiger partial charge >= 0.3 is 6.18 Å². The van der Waals surface area contributed by atoms with Crippen LogP contribution >= 0.6 is 0 Å². The molecular formula is C27H30F5N7. The van der Waals surface area contributed by atoms with Crippen LogP contribution in [0.4, 0.5) is 22.0 Å². The summed E-state index contributed by atoms with van der Waals surface area (Å²) in [6.07, 6.45) is -1.02. The molecule has 0 aliphatic heterocycles. The second-order valence-corrected chi connectivity index (χ2v) is 10.5. The number of nitrogens with one attached hydrogen (secondary N) is 4. The van der Waals surface area contributed by atoms with Gasteiger partial charge in [0, 0.05) is 49.3 Å². The van der Waals surface area contributed by atoms with Gasteiger partial charge < -0.3 is 10.2 Å². The van der Waals surface area contributed by atoms with E-state index in [9.17, 15) is 22.0 Å². The number of rotatable bonds is 8. The Hall–Kier alpha value is -3.41. The van der Waals surface area contributed by atoms with E-state index in [2.05, 4.69) is 20.5 Å². The number of fused-ring (bicyclic) bond motifs is 1. The Morgan fingerprint density at radius 2 is 2.03 bits per heavy atom. The lowest BCUT2D eigenvalue weighted by molar-refractivity contribution is -0.141. The lowest BCUT2D eigenvalue weighted by Gasteiger charge is -2.36. The van der Waals surface area contributed by atoms with Gasteiger partial charge in [0.1, 0.15) is 17.2 Å². The van der Waals surface area contributed by atoms with Crippen molar-refractivity contribution in [3.63, 3.8) is 0 Å². The third-order valence-electron chi connectivity index (χ3n) is 7.89. The minimum atomic E-state index is -4.71. The van der Waals surface area contributed by atoms with Crippen LogP contribution in [0, 0.1) is 16.7 Å². The van der Waals surface area contributed by atoms with Gasteiger partial charge in [0.25, 0.3) is 0 Å². The molecule has 2 heterocycles. The molecule has 0 spiro atoms. The fourth-order valence-corrected chi connectivity index (χ4v) is 5.53. The number of halogens is 5. The maximum absolute atomic E-state index is 13.8. The van der Waals surface area contributed by atoms with Crippen LogP contribution in [0.25, 0.3) is 22.2 Å². The predicted molar refractivity (Wildman–Crippen MR) is 138 cm³/mol. The smallest absolute Gasteiger partial charge is 0.324 e. The molecule has 4 N–H and O–H groups in total. The van der Waals surface area contributed by atoms with Gasteiger partial charge in [-0.05, 0) is 42.9 Å². The molecule has 1 aromatic carbocycles. The van der Waals surface area contributed by atoms with Crippen LogP contribution in [0.1, 0.15) is 61.4 Å². The predicted octanol–water partition coefficient (Wildman–Crippen LogP) is 6.32. The number of aromatic nitrogens is 3. The van der Waals surface area contributed by atoms with E-state index in [-0.39, 0.29) is 54.6 Å². The van der Waals surface area contributed by atoms with Gasteiger partial charge in [-0.3, -0.25) is 15.9 Å². The maximum atomic E-state index is 13.8. The fourth-order valence-electron chi connectivity index (χ4n) is 5.53. The van der Waals surface area contributed by atoms with Gasteiger partial charge in [0.15, 0.2) is 0 Å². The Morgan fingerprint density at radius 1 is 1.26 bits per heavy atom. The molecule has 2 unspecified atom stereocenters. The van der Waals surface area contributed by atoms with Crippen molar-refractivity contribution in [1.82, 2.24) is 25.4 Å². The van der Waals surface area contributed by atoms with Gasteiger partial charge in [-0.25, -0.2) is 13.8 Å². The Morgan fingerprint density at radius 3 is 2.64 bits per heavy atom. The quantitative estimate of drug-likeness (QED) is 0.150. The average Bonchev–Trinajstić information content (AvgIpc) is 3.45. The number of benzene rings is 1. The molecule has 0 amide bonds. The summed E-state index contributed by atoms with van der Waals surface area (Å²) >= 11 is 0. The van der Waals surface area contributed by atoms with Gasteiger partial charge in [-0.2, -0.15) is 18.3 Å². The molecule has 12 heteroatoms. The van der Waals surface area contributed by atoms with Gasteiger partial charge in [0.2, 0.25) is 5.92 Å². The topological polar surface area (TPSA) is 105 Å². The molecule has 2 aromatic heterocycles. The molecule has 2 aliphatic carbocycles. The average molecular weight is 548 g/mol. The van der Waals surface area contributed by atoms with Crippen LogP contribution < -0.4 is 5.32 Å². The summed E-state index contributed by atoms with van der Waals surface area (Å²) in [7, 11) is 1.65. The van der Waals surface area contributed by atoms with Crippen molar-refractivity contribution in [3.05, 3.63) is 47.3 Å². The normalized spacial score (nSPS) is 20.1. The van der Waals surface area contributed by atoms with E-state index in [1.165, 1.54) is 4.90 Å². The van der Waals surface area contributed by atoms with Crippen molar-refractivity contribution in [1.29, 1.82) is 10.8 Å². The van der Waals surface area contributed by atoms with E-state index in [0.29, 0.717) is 16.8 Å². The molecule has 2 atom stereocenters. The highest BCUT2D eigenvalue weighted by molar-refractivity contribution is 5.96. The van der Waals surface area contributed by atoms with Crippen LogP contribution in [-0.4, -0.2) is 51.3 Å². The fraction of sp³-hybridized carbons (Fsp3) is 0.481. The van der Waals surface area contributed by atoms with Crippen molar-refractivity contribution in [3.8, 4) is 11.3 Å². The first-order valence-corrected chi connectivity index (χ1v) is 13.0. The monoisotopic (exact) mass is 547 g/mol. The van der Waals surface area contributed by atoms with Crippen LogP contribution in [0.2, 0.25) is 0 Å². The third-order valence-corrected chi connectivity index (χ3v) is 7.89. The van der Waals surface area contributed by atoms with E-state index in [4.69, 9.17) is 10.8 Å². The minimum Gasteiger partial charge on any atom is -0.324 e. The van der Waals surface area contributed by atoms with Crippen LogP contribution in [0.5, 0.6) is 0 Å². The van der Waals surface area contributed by atoms with Gasteiger partial charge in [0.05, 0.1) is 17.5 Å². The number of aromatic amines is 1. The van der Waals surface area contributed by atoms with Crippen molar-refractivity contribution in [2.45, 2.75) is 69.1 Å². The molecule has 39 heavy (non-hydrogen) atoms. The highest BCUT2D eigenvalue weighted by atomic mass is 19.4. The highest BCUT2D eigenvalue weighted by Crippen LogP contribution is 2.42. The summed E-state index contributed by atoms with van der Waals surface area (Å²) in [5.41, 5.74) is 1.03. The number of pyridine rings is 1. The second kappa shape index (κ2) is 10.3. The zero-order valence-corrected chi connectivity index (χ0v) is 21.4. The lowest BCUT2D eigenvalue weighted by atomic mass is 9.72. The number of hydrogen-bond acceptors (Lipinski definition) is 5.